The average molecular weight is 152 g/mol. The maximum absolute atomic E-state index is 4.09. The molecule has 0 saturated carbocycles. The zero-order valence-corrected chi connectivity index (χ0v) is 7.76. The predicted octanol–water partition coefficient (Wildman–Crippen LogP) is 2.37. The van der Waals surface area contributed by atoms with Crippen LogP contribution >= 0.6 is 0 Å². The average Bonchev–Trinajstić information content (AvgIpc) is 2.09. The molecule has 11 heavy (non-hydrogen) atoms. The van der Waals surface area contributed by atoms with Gasteiger partial charge in [-0.1, -0.05) is 20.8 Å². The third-order valence-electron chi connectivity index (χ3n) is 1.34. The Labute approximate surface area is 68.7 Å². The number of rotatable bonds is 1. The van der Waals surface area contributed by atoms with Gasteiger partial charge in [0.1, 0.15) is 6.33 Å². The summed E-state index contributed by atoms with van der Waals surface area (Å²) < 4.78 is 0. The van der Waals surface area contributed by atoms with Crippen LogP contribution in [0.15, 0.2) is 12.5 Å². The highest BCUT2D eigenvalue weighted by Crippen LogP contribution is 1.99. The summed E-state index contributed by atoms with van der Waals surface area (Å²) in [5.74, 6) is 0. The van der Waals surface area contributed by atoms with Gasteiger partial charge in [0.15, 0.2) is 0 Å². The zero-order valence-electron chi connectivity index (χ0n) is 7.76. The Balaban J connectivity index is 0.000000461. The van der Waals surface area contributed by atoms with Crippen molar-refractivity contribution in [3.63, 3.8) is 0 Å². The van der Waals surface area contributed by atoms with E-state index < -0.39 is 0 Å². The Hall–Kier alpha value is -0.920. The highest BCUT2D eigenvalue weighted by Gasteiger charge is 1.92. The van der Waals surface area contributed by atoms with Gasteiger partial charge in [0.25, 0.3) is 0 Å². The van der Waals surface area contributed by atoms with Gasteiger partial charge in [0, 0.05) is 11.9 Å². The second-order valence-electron chi connectivity index (χ2n) is 2.01. The minimum atomic E-state index is 0.994. The summed E-state index contributed by atoms with van der Waals surface area (Å²) >= 11 is 0. The molecule has 0 aromatic carbocycles. The fraction of sp³-hybridized carbons (Fsp3) is 0.556. The number of aryl methyl sites for hydroxylation is 2. The maximum Gasteiger partial charge on any atom is 0.115 e. The molecule has 0 radical (unpaired) electrons. The van der Waals surface area contributed by atoms with E-state index in [0.29, 0.717) is 0 Å². The molecule has 0 aliphatic rings. The van der Waals surface area contributed by atoms with E-state index in [9.17, 15) is 0 Å². The number of nitrogens with zero attached hydrogens (tertiary/aromatic N) is 2. The molecule has 0 aliphatic heterocycles. The van der Waals surface area contributed by atoms with E-state index in [1.807, 2.05) is 27.0 Å². The molecule has 2 heteroatoms. The monoisotopic (exact) mass is 152 g/mol. The van der Waals surface area contributed by atoms with E-state index in [1.54, 1.807) is 6.33 Å². The van der Waals surface area contributed by atoms with Crippen LogP contribution in [0.4, 0.5) is 0 Å². The van der Waals surface area contributed by atoms with E-state index in [1.165, 1.54) is 5.56 Å². The van der Waals surface area contributed by atoms with Crippen LogP contribution in [0.2, 0.25) is 0 Å². The summed E-state index contributed by atoms with van der Waals surface area (Å²) in [5.41, 5.74) is 2.32. The predicted molar refractivity (Wildman–Crippen MR) is 47.5 cm³/mol. The molecule has 1 rings (SSSR count). The minimum Gasteiger partial charge on any atom is -0.245 e. The molecule has 0 aliphatic carbocycles. The summed E-state index contributed by atoms with van der Waals surface area (Å²) in [6.07, 6.45) is 4.42. The van der Waals surface area contributed by atoms with E-state index in [0.717, 1.165) is 12.1 Å². The third-order valence-corrected chi connectivity index (χ3v) is 1.34. The number of hydrogen-bond donors (Lipinski definition) is 0. The van der Waals surface area contributed by atoms with Crippen molar-refractivity contribution in [2.75, 3.05) is 0 Å². The fourth-order valence-electron chi connectivity index (χ4n) is 0.795. The second kappa shape index (κ2) is 5.83. The first-order chi connectivity index (χ1) is 5.34. The molecule has 0 atom stereocenters. The molecule has 0 amide bonds. The van der Waals surface area contributed by atoms with Crippen LogP contribution in [0, 0.1) is 6.92 Å². The topological polar surface area (TPSA) is 25.8 Å². The largest absolute Gasteiger partial charge is 0.245 e. The Kier molecular flexibility index (Phi) is 5.35. The van der Waals surface area contributed by atoms with Gasteiger partial charge >= 0.3 is 0 Å². The molecule has 2 nitrogen and oxygen atoms in total. The van der Waals surface area contributed by atoms with Crippen LogP contribution < -0.4 is 0 Å². The van der Waals surface area contributed by atoms with Crippen LogP contribution in [-0.4, -0.2) is 9.97 Å². The highest BCUT2D eigenvalue weighted by atomic mass is 14.8. The smallest absolute Gasteiger partial charge is 0.115 e. The zero-order chi connectivity index (χ0) is 8.69. The van der Waals surface area contributed by atoms with E-state index in [2.05, 4.69) is 16.9 Å². The third kappa shape index (κ3) is 3.12. The van der Waals surface area contributed by atoms with Gasteiger partial charge in [0.05, 0.1) is 0 Å². The summed E-state index contributed by atoms with van der Waals surface area (Å²) in [4.78, 5) is 7.97. The number of aromatic nitrogens is 2. The Morgan fingerprint density at radius 3 is 2.36 bits per heavy atom. The maximum atomic E-state index is 4.09. The Morgan fingerprint density at radius 2 is 2.00 bits per heavy atom. The lowest BCUT2D eigenvalue weighted by Crippen LogP contribution is -1.91. The van der Waals surface area contributed by atoms with Crippen molar-refractivity contribution in [3.05, 3.63) is 23.8 Å². The van der Waals surface area contributed by atoms with Gasteiger partial charge in [-0.3, -0.25) is 0 Å². The van der Waals surface area contributed by atoms with Crippen LogP contribution in [-0.2, 0) is 6.42 Å². The van der Waals surface area contributed by atoms with Crippen LogP contribution in [0.1, 0.15) is 32.0 Å². The fourth-order valence-corrected chi connectivity index (χ4v) is 0.795. The van der Waals surface area contributed by atoms with Crippen molar-refractivity contribution in [1.29, 1.82) is 0 Å². The van der Waals surface area contributed by atoms with Crippen molar-refractivity contribution in [2.45, 2.75) is 34.1 Å². The Bertz CT molecular complexity index is 197. The lowest BCUT2D eigenvalue weighted by molar-refractivity contribution is 0.969. The summed E-state index contributed by atoms with van der Waals surface area (Å²) in [7, 11) is 0. The molecule has 1 aromatic heterocycles. The molecule has 0 saturated heterocycles. The lowest BCUT2D eigenvalue weighted by Gasteiger charge is -1.96. The first-order valence-electron chi connectivity index (χ1n) is 4.10. The molecule has 0 N–H and O–H groups in total. The van der Waals surface area contributed by atoms with Crippen molar-refractivity contribution < 1.29 is 0 Å². The van der Waals surface area contributed by atoms with Crippen molar-refractivity contribution >= 4 is 0 Å². The van der Waals surface area contributed by atoms with E-state index in [-0.39, 0.29) is 0 Å². The summed E-state index contributed by atoms with van der Waals surface area (Å²) in [5, 5.41) is 0. The minimum absolute atomic E-state index is 0.994. The van der Waals surface area contributed by atoms with Crippen LogP contribution in [0.5, 0.6) is 0 Å². The molecular formula is C9H16N2. The van der Waals surface area contributed by atoms with Gasteiger partial charge in [-0.05, 0) is 18.9 Å². The van der Waals surface area contributed by atoms with E-state index in [4.69, 9.17) is 0 Å². The standard InChI is InChI=1S/C7H10N2.C2H6/c1-3-7-6(2)4-8-5-9-7;1-2/h4-5H,3H2,1-2H3;1-2H3. The molecule has 0 spiro atoms. The first kappa shape index (κ1) is 10.1. The molecule has 1 aromatic rings. The van der Waals surface area contributed by atoms with Gasteiger partial charge in [0.2, 0.25) is 0 Å². The molecule has 0 unspecified atom stereocenters. The van der Waals surface area contributed by atoms with Crippen molar-refractivity contribution in [2.24, 2.45) is 0 Å². The quantitative estimate of drug-likeness (QED) is 0.617. The van der Waals surface area contributed by atoms with Crippen molar-refractivity contribution in [1.82, 2.24) is 9.97 Å². The van der Waals surface area contributed by atoms with Crippen LogP contribution in [0.3, 0.4) is 0 Å². The highest BCUT2D eigenvalue weighted by molar-refractivity contribution is 5.12. The Morgan fingerprint density at radius 1 is 1.36 bits per heavy atom. The van der Waals surface area contributed by atoms with Crippen LogP contribution in [0.25, 0.3) is 0 Å². The molecule has 0 bridgehead atoms. The molecule has 0 fully saturated rings. The lowest BCUT2D eigenvalue weighted by atomic mass is 10.2. The van der Waals surface area contributed by atoms with Crippen molar-refractivity contribution in [3.8, 4) is 0 Å². The summed E-state index contributed by atoms with van der Waals surface area (Å²) in [6, 6.07) is 0. The summed E-state index contributed by atoms with van der Waals surface area (Å²) in [6.45, 7) is 8.12. The van der Waals surface area contributed by atoms with E-state index >= 15 is 0 Å². The van der Waals surface area contributed by atoms with Gasteiger partial charge in [-0.15, -0.1) is 0 Å². The van der Waals surface area contributed by atoms with Gasteiger partial charge < -0.3 is 0 Å². The molecular weight excluding hydrogens is 136 g/mol. The van der Waals surface area contributed by atoms with Gasteiger partial charge in [-0.2, -0.15) is 0 Å². The SMILES string of the molecule is CC.CCc1ncncc1C. The normalized spacial score (nSPS) is 8.36. The molecule has 1 heterocycles. The number of hydrogen-bond acceptors (Lipinski definition) is 2. The van der Waals surface area contributed by atoms with Gasteiger partial charge in [-0.25, -0.2) is 9.97 Å². The molecule has 62 valence electrons. The first-order valence-corrected chi connectivity index (χ1v) is 4.10. The second-order valence-corrected chi connectivity index (χ2v) is 2.01.